The van der Waals surface area contributed by atoms with Gasteiger partial charge in [-0.1, -0.05) is 23.7 Å². The van der Waals surface area contributed by atoms with E-state index in [2.05, 4.69) is 15.3 Å². The summed E-state index contributed by atoms with van der Waals surface area (Å²) in [7, 11) is 0. The van der Waals surface area contributed by atoms with Crippen LogP contribution >= 0.6 is 11.6 Å². The Hall–Kier alpha value is -2.66. The molecule has 0 aliphatic carbocycles. The number of carbonyl (C=O) groups excluding carboxylic acids is 1. The van der Waals surface area contributed by atoms with E-state index in [4.69, 9.17) is 11.6 Å². The van der Waals surface area contributed by atoms with Gasteiger partial charge in [0.05, 0.1) is 17.1 Å². The molecule has 1 aromatic heterocycles. The molecule has 0 radical (unpaired) electrons. The van der Waals surface area contributed by atoms with Crippen molar-refractivity contribution in [3.63, 3.8) is 0 Å². The van der Waals surface area contributed by atoms with Crippen LogP contribution in [0.15, 0.2) is 47.5 Å². The van der Waals surface area contributed by atoms with Crippen molar-refractivity contribution in [2.45, 2.75) is 0 Å². The van der Waals surface area contributed by atoms with Crippen LogP contribution in [0.25, 0.3) is 10.9 Å². The predicted octanol–water partition coefficient (Wildman–Crippen LogP) is 3.75. The molecule has 6 heteroatoms. The Kier molecular flexibility index (Phi) is 3.16. The zero-order valence-corrected chi connectivity index (χ0v) is 12.6. The van der Waals surface area contributed by atoms with Crippen LogP contribution in [0.1, 0.15) is 11.3 Å². The molecule has 23 heavy (non-hydrogen) atoms. The van der Waals surface area contributed by atoms with Gasteiger partial charge in [0, 0.05) is 21.5 Å². The number of H-pyrrole nitrogens is 1. The number of hydrogen-bond acceptors (Lipinski definition) is 2. The number of aliphatic imine (C=N–C) groups is 1. The Morgan fingerprint density at radius 2 is 2.00 bits per heavy atom. The van der Waals surface area contributed by atoms with Gasteiger partial charge in [-0.2, -0.15) is 0 Å². The fourth-order valence-electron chi connectivity index (χ4n) is 2.75. The lowest BCUT2D eigenvalue weighted by Crippen LogP contribution is -2.13. The number of nitrogens with zero attached hydrogens (tertiary/aromatic N) is 1. The molecule has 0 saturated heterocycles. The summed E-state index contributed by atoms with van der Waals surface area (Å²) < 4.78 is 14.2. The fourth-order valence-corrected chi connectivity index (χ4v) is 2.93. The number of carbonyl (C=O) groups is 1. The zero-order chi connectivity index (χ0) is 16.0. The van der Waals surface area contributed by atoms with Crippen molar-refractivity contribution in [3.05, 3.63) is 64.6 Å². The Labute approximate surface area is 136 Å². The molecule has 2 heterocycles. The zero-order valence-electron chi connectivity index (χ0n) is 11.9. The molecule has 1 aliphatic heterocycles. The molecule has 1 aliphatic rings. The number of amides is 1. The van der Waals surface area contributed by atoms with Crippen LogP contribution in [0.2, 0.25) is 5.02 Å². The van der Waals surface area contributed by atoms with Crippen LogP contribution < -0.4 is 5.32 Å². The summed E-state index contributed by atoms with van der Waals surface area (Å²) in [6.45, 7) is -0.0613. The maximum absolute atomic E-state index is 14.2. The van der Waals surface area contributed by atoms with E-state index in [0.717, 1.165) is 10.9 Å². The van der Waals surface area contributed by atoms with Gasteiger partial charge in [0.15, 0.2) is 0 Å². The lowest BCUT2D eigenvalue weighted by Gasteiger charge is -2.06. The quantitative estimate of drug-likeness (QED) is 0.702. The second-order valence-electron chi connectivity index (χ2n) is 5.26. The van der Waals surface area contributed by atoms with E-state index in [0.29, 0.717) is 27.7 Å². The minimum atomic E-state index is -0.386. The van der Waals surface area contributed by atoms with Crippen molar-refractivity contribution in [3.8, 4) is 0 Å². The van der Waals surface area contributed by atoms with Gasteiger partial charge in [-0.15, -0.1) is 0 Å². The third-order valence-corrected chi connectivity index (χ3v) is 4.01. The molecule has 0 spiro atoms. The number of fused-ring (bicyclic) bond motifs is 3. The Balaban J connectivity index is 2.02. The van der Waals surface area contributed by atoms with Crippen molar-refractivity contribution in [2.75, 3.05) is 11.9 Å². The highest BCUT2D eigenvalue weighted by Crippen LogP contribution is 2.33. The van der Waals surface area contributed by atoms with E-state index in [9.17, 15) is 9.18 Å². The van der Waals surface area contributed by atoms with E-state index in [1.165, 1.54) is 6.07 Å². The van der Waals surface area contributed by atoms with Crippen LogP contribution in [-0.4, -0.2) is 23.1 Å². The SMILES string of the molecule is O=C1CN=C(c2ccccc2F)c2[nH]c3ccc(Cl)cc3c2N1. The van der Waals surface area contributed by atoms with E-state index in [-0.39, 0.29) is 18.3 Å². The molecule has 0 fully saturated rings. The van der Waals surface area contributed by atoms with Crippen molar-refractivity contribution in [1.82, 2.24) is 4.98 Å². The van der Waals surface area contributed by atoms with Crippen LogP contribution in [0.3, 0.4) is 0 Å². The smallest absolute Gasteiger partial charge is 0.246 e. The summed E-state index contributed by atoms with van der Waals surface area (Å²) in [6.07, 6.45) is 0. The van der Waals surface area contributed by atoms with E-state index >= 15 is 0 Å². The van der Waals surface area contributed by atoms with Crippen molar-refractivity contribution >= 4 is 39.8 Å². The van der Waals surface area contributed by atoms with Gasteiger partial charge in [-0.25, -0.2) is 4.39 Å². The van der Waals surface area contributed by atoms with E-state index < -0.39 is 0 Å². The first-order valence-corrected chi connectivity index (χ1v) is 7.42. The van der Waals surface area contributed by atoms with Gasteiger partial charge < -0.3 is 10.3 Å². The van der Waals surface area contributed by atoms with Crippen LogP contribution in [0.4, 0.5) is 10.1 Å². The second kappa shape index (κ2) is 5.21. The second-order valence-corrected chi connectivity index (χ2v) is 5.69. The van der Waals surface area contributed by atoms with Gasteiger partial charge >= 0.3 is 0 Å². The molecular formula is C17H11ClFN3O. The number of aromatic nitrogens is 1. The minimum Gasteiger partial charge on any atom is -0.351 e. The first-order valence-electron chi connectivity index (χ1n) is 7.04. The highest BCUT2D eigenvalue weighted by atomic mass is 35.5. The molecule has 114 valence electrons. The van der Waals surface area contributed by atoms with E-state index in [1.807, 2.05) is 6.07 Å². The van der Waals surface area contributed by atoms with Crippen molar-refractivity contribution < 1.29 is 9.18 Å². The van der Waals surface area contributed by atoms with Gasteiger partial charge in [-0.3, -0.25) is 9.79 Å². The monoisotopic (exact) mass is 327 g/mol. The molecule has 0 bridgehead atoms. The van der Waals surface area contributed by atoms with Crippen LogP contribution in [-0.2, 0) is 4.79 Å². The average Bonchev–Trinajstić information content (AvgIpc) is 2.78. The average molecular weight is 328 g/mol. The first kappa shape index (κ1) is 14.0. The fraction of sp³-hybridized carbons (Fsp3) is 0.0588. The Bertz CT molecular complexity index is 977. The summed E-state index contributed by atoms with van der Waals surface area (Å²) in [5.41, 5.74) is 2.72. The van der Waals surface area contributed by atoms with Gasteiger partial charge in [0.2, 0.25) is 5.91 Å². The molecule has 4 nitrogen and oxygen atoms in total. The maximum Gasteiger partial charge on any atom is 0.246 e. The normalized spacial score (nSPS) is 14.2. The van der Waals surface area contributed by atoms with Gasteiger partial charge in [-0.05, 0) is 30.3 Å². The molecule has 2 aromatic carbocycles. The number of nitrogens with one attached hydrogen (secondary N) is 2. The Morgan fingerprint density at radius 3 is 2.83 bits per heavy atom. The number of benzene rings is 2. The molecule has 0 saturated carbocycles. The maximum atomic E-state index is 14.2. The topological polar surface area (TPSA) is 57.2 Å². The highest BCUT2D eigenvalue weighted by molar-refractivity contribution is 6.32. The number of hydrogen-bond donors (Lipinski definition) is 2. The number of halogens is 2. The van der Waals surface area contributed by atoms with Crippen molar-refractivity contribution in [2.24, 2.45) is 4.99 Å². The molecule has 2 N–H and O–H groups in total. The minimum absolute atomic E-state index is 0.0613. The predicted molar refractivity (Wildman–Crippen MR) is 88.8 cm³/mol. The third-order valence-electron chi connectivity index (χ3n) is 3.77. The summed E-state index contributed by atoms with van der Waals surface area (Å²) >= 11 is 6.06. The lowest BCUT2D eigenvalue weighted by atomic mass is 10.1. The highest BCUT2D eigenvalue weighted by Gasteiger charge is 2.24. The van der Waals surface area contributed by atoms with Gasteiger partial charge in [0.1, 0.15) is 12.4 Å². The third kappa shape index (κ3) is 2.29. The lowest BCUT2D eigenvalue weighted by molar-refractivity contribution is -0.114. The van der Waals surface area contributed by atoms with Gasteiger partial charge in [0.25, 0.3) is 0 Å². The number of aromatic amines is 1. The molecular weight excluding hydrogens is 317 g/mol. The largest absolute Gasteiger partial charge is 0.351 e. The Morgan fingerprint density at radius 1 is 1.17 bits per heavy atom. The summed E-state index contributed by atoms with van der Waals surface area (Å²) in [4.78, 5) is 19.5. The van der Waals surface area contributed by atoms with Crippen molar-refractivity contribution in [1.29, 1.82) is 0 Å². The number of rotatable bonds is 1. The molecule has 0 atom stereocenters. The van der Waals surface area contributed by atoms with Crippen LogP contribution in [0.5, 0.6) is 0 Å². The first-order chi connectivity index (χ1) is 11.1. The molecule has 4 rings (SSSR count). The summed E-state index contributed by atoms with van der Waals surface area (Å²) in [5.74, 6) is -0.637. The molecule has 3 aromatic rings. The molecule has 1 amide bonds. The van der Waals surface area contributed by atoms with E-state index in [1.54, 1.807) is 30.3 Å². The van der Waals surface area contributed by atoms with Crippen LogP contribution in [0, 0.1) is 5.82 Å². The summed E-state index contributed by atoms with van der Waals surface area (Å²) in [6, 6.07) is 11.7. The number of anilines is 1. The molecule has 0 unspecified atom stereocenters. The standard InChI is InChI=1S/C17H11ClFN3O/c18-9-5-6-13-11(7-9)16-17(21-13)15(20-8-14(23)22-16)10-3-1-2-4-12(10)19/h1-7,21H,8H2,(H,22,23). The summed E-state index contributed by atoms with van der Waals surface area (Å²) in [5, 5.41) is 4.15.